The third kappa shape index (κ3) is 3.78. The number of nitrogens with one attached hydrogen (secondary N) is 2. The lowest BCUT2D eigenvalue weighted by molar-refractivity contribution is 0.585. The van der Waals surface area contributed by atoms with Crippen LogP contribution < -0.4 is 10.6 Å². The molecule has 0 spiro atoms. The van der Waals surface area contributed by atoms with E-state index in [1.54, 1.807) is 18.2 Å². The van der Waals surface area contributed by atoms with Crippen LogP contribution in [0, 0.1) is 17.3 Å². The third-order valence-corrected chi connectivity index (χ3v) is 3.84. The summed E-state index contributed by atoms with van der Waals surface area (Å²) in [6, 6.07) is 14.1. The second-order valence-corrected chi connectivity index (χ2v) is 5.94. The summed E-state index contributed by atoms with van der Waals surface area (Å²) in [7, 11) is 0. The molecule has 7 heteroatoms. The summed E-state index contributed by atoms with van der Waals surface area (Å²) in [5, 5.41) is 16.4. The number of fused-ring (bicyclic) bond motifs is 1. The van der Waals surface area contributed by atoms with Gasteiger partial charge < -0.3 is 10.6 Å². The fourth-order valence-corrected chi connectivity index (χ4v) is 2.66. The Bertz CT molecular complexity index is 922. The standard InChI is InChI=1S/C17H13BrFN5/c18-11-4-5-14-13(8-11)15(9-12(10-20)23-14)21-6-7-22-17-3-1-2-16(19)24-17/h1-5,8-9H,6-7H2,(H,21,23)(H,22,24). The first-order valence-corrected chi connectivity index (χ1v) is 8.06. The third-order valence-electron chi connectivity index (χ3n) is 3.35. The summed E-state index contributed by atoms with van der Waals surface area (Å²) in [6.45, 7) is 1.13. The molecule has 0 saturated carbocycles. The van der Waals surface area contributed by atoms with Gasteiger partial charge in [0.1, 0.15) is 17.6 Å². The van der Waals surface area contributed by atoms with E-state index < -0.39 is 5.95 Å². The normalized spacial score (nSPS) is 10.4. The maximum atomic E-state index is 13.0. The lowest BCUT2D eigenvalue weighted by atomic mass is 10.1. The first-order valence-electron chi connectivity index (χ1n) is 7.26. The van der Waals surface area contributed by atoms with Crippen LogP contribution >= 0.6 is 15.9 Å². The van der Waals surface area contributed by atoms with Crippen molar-refractivity contribution < 1.29 is 4.39 Å². The SMILES string of the molecule is N#Cc1cc(NCCNc2cccc(F)n2)c2cc(Br)ccc2n1. The first-order chi connectivity index (χ1) is 11.7. The Balaban J connectivity index is 1.72. The Morgan fingerprint density at radius 1 is 1.08 bits per heavy atom. The number of nitriles is 1. The predicted octanol–water partition coefficient (Wildman–Crippen LogP) is 3.93. The van der Waals surface area contributed by atoms with Crippen molar-refractivity contribution in [2.24, 2.45) is 0 Å². The summed E-state index contributed by atoms with van der Waals surface area (Å²) >= 11 is 3.44. The zero-order chi connectivity index (χ0) is 16.9. The molecule has 24 heavy (non-hydrogen) atoms. The molecule has 2 aromatic heterocycles. The molecular weight excluding hydrogens is 373 g/mol. The van der Waals surface area contributed by atoms with Gasteiger partial charge in [0.05, 0.1) is 5.52 Å². The lowest BCUT2D eigenvalue weighted by Crippen LogP contribution is -2.15. The van der Waals surface area contributed by atoms with Crippen LogP contribution in [0.4, 0.5) is 15.9 Å². The van der Waals surface area contributed by atoms with Crippen LogP contribution in [0.3, 0.4) is 0 Å². The van der Waals surface area contributed by atoms with Crippen LogP contribution in [-0.2, 0) is 0 Å². The number of aromatic nitrogens is 2. The number of hydrogen-bond donors (Lipinski definition) is 2. The van der Waals surface area contributed by atoms with Gasteiger partial charge in [-0.05, 0) is 36.4 Å². The lowest BCUT2D eigenvalue weighted by Gasteiger charge is -2.11. The van der Waals surface area contributed by atoms with Gasteiger partial charge in [-0.15, -0.1) is 0 Å². The van der Waals surface area contributed by atoms with Crippen molar-refractivity contribution in [2.45, 2.75) is 0 Å². The smallest absolute Gasteiger partial charge is 0.214 e. The molecule has 0 amide bonds. The molecule has 0 atom stereocenters. The molecule has 0 bridgehead atoms. The van der Waals surface area contributed by atoms with E-state index in [4.69, 9.17) is 5.26 Å². The van der Waals surface area contributed by atoms with Crippen LogP contribution in [0.5, 0.6) is 0 Å². The number of halogens is 2. The van der Waals surface area contributed by atoms with Crippen molar-refractivity contribution in [1.82, 2.24) is 9.97 Å². The Labute approximate surface area is 146 Å². The van der Waals surface area contributed by atoms with E-state index in [0.717, 1.165) is 21.1 Å². The van der Waals surface area contributed by atoms with Gasteiger partial charge >= 0.3 is 0 Å². The van der Waals surface area contributed by atoms with E-state index in [9.17, 15) is 4.39 Å². The Morgan fingerprint density at radius 2 is 1.92 bits per heavy atom. The minimum atomic E-state index is -0.517. The fourth-order valence-electron chi connectivity index (χ4n) is 2.30. The summed E-state index contributed by atoms with van der Waals surface area (Å²) in [4.78, 5) is 8.03. The maximum Gasteiger partial charge on any atom is 0.214 e. The van der Waals surface area contributed by atoms with Gasteiger partial charge in [0, 0.05) is 28.6 Å². The van der Waals surface area contributed by atoms with Crippen LogP contribution in [0.2, 0.25) is 0 Å². The largest absolute Gasteiger partial charge is 0.383 e. The average Bonchev–Trinajstić information content (AvgIpc) is 2.58. The molecule has 5 nitrogen and oxygen atoms in total. The van der Waals surface area contributed by atoms with Gasteiger partial charge in [-0.25, -0.2) is 9.97 Å². The highest BCUT2D eigenvalue weighted by Crippen LogP contribution is 2.26. The van der Waals surface area contributed by atoms with E-state index in [0.29, 0.717) is 24.6 Å². The Hall–Kier alpha value is -2.72. The van der Waals surface area contributed by atoms with Gasteiger partial charge in [-0.1, -0.05) is 22.0 Å². The van der Waals surface area contributed by atoms with Crippen molar-refractivity contribution >= 4 is 38.3 Å². The molecule has 0 aliphatic rings. The molecule has 2 heterocycles. The van der Waals surface area contributed by atoms with Crippen LogP contribution in [-0.4, -0.2) is 23.1 Å². The van der Waals surface area contributed by atoms with Gasteiger partial charge in [-0.3, -0.25) is 0 Å². The molecule has 1 aromatic carbocycles. The highest BCUT2D eigenvalue weighted by molar-refractivity contribution is 9.10. The Morgan fingerprint density at radius 3 is 2.71 bits per heavy atom. The van der Waals surface area contributed by atoms with Gasteiger partial charge in [-0.2, -0.15) is 9.65 Å². The number of pyridine rings is 2. The predicted molar refractivity (Wildman–Crippen MR) is 95.3 cm³/mol. The van der Waals surface area contributed by atoms with Gasteiger partial charge in [0.15, 0.2) is 0 Å². The highest BCUT2D eigenvalue weighted by atomic mass is 79.9. The molecule has 0 unspecified atom stereocenters. The molecular formula is C17H13BrFN5. The van der Waals surface area contributed by atoms with Crippen molar-refractivity contribution in [3.05, 3.63) is 58.6 Å². The summed E-state index contributed by atoms with van der Waals surface area (Å²) in [6.07, 6.45) is 0. The highest BCUT2D eigenvalue weighted by Gasteiger charge is 2.06. The van der Waals surface area contributed by atoms with Gasteiger partial charge in [0.2, 0.25) is 5.95 Å². The fraction of sp³-hybridized carbons (Fsp3) is 0.118. The van der Waals surface area contributed by atoms with Crippen molar-refractivity contribution in [3.63, 3.8) is 0 Å². The Kier molecular flexibility index (Phi) is 4.87. The molecule has 0 fully saturated rings. The monoisotopic (exact) mass is 385 g/mol. The summed E-state index contributed by atoms with van der Waals surface area (Å²) in [5.74, 6) is -0.0338. The number of rotatable bonds is 5. The molecule has 2 N–H and O–H groups in total. The topological polar surface area (TPSA) is 73.6 Å². The van der Waals surface area contributed by atoms with Crippen molar-refractivity contribution in [1.29, 1.82) is 5.26 Å². The van der Waals surface area contributed by atoms with E-state index in [-0.39, 0.29) is 0 Å². The van der Waals surface area contributed by atoms with E-state index in [1.807, 2.05) is 18.2 Å². The van der Waals surface area contributed by atoms with Crippen molar-refractivity contribution in [2.75, 3.05) is 23.7 Å². The second kappa shape index (κ2) is 7.23. The molecule has 120 valence electrons. The molecule has 0 aliphatic carbocycles. The van der Waals surface area contributed by atoms with Gasteiger partial charge in [0.25, 0.3) is 0 Å². The maximum absolute atomic E-state index is 13.0. The second-order valence-electron chi connectivity index (χ2n) is 5.03. The molecule has 3 rings (SSSR count). The number of nitrogens with zero attached hydrogens (tertiary/aromatic N) is 3. The minimum Gasteiger partial charge on any atom is -0.383 e. The van der Waals surface area contributed by atoms with Crippen LogP contribution in [0.25, 0.3) is 10.9 Å². The van der Waals surface area contributed by atoms with E-state index >= 15 is 0 Å². The minimum absolute atomic E-state index is 0.354. The quantitative estimate of drug-likeness (QED) is 0.514. The summed E-state index contributed by atoms with van der Waals surface area (Å²) < 4.78 is 14.0. The van der Waals surface area contributed by atoms with E-state index in [2.05, 4.69) is 42.6 Å². The number of benzene rings is 1. The molecule has 0 saturated heterocycles. The van der Waals surface area contributed by atoms with Crippen LogP contribution in [0.15, 0.2) is 46.9 Å². The van der Waals surface area contributed by atoms with E-state index in [1.165, 1.54) is 6.07 Å². The number of hydrogen-bond acceptors (Lipinski definition) is 5. The van der Waals surface area contributed by atoms with Crippen molar-refractivity contribution in [3.8, 4) is 6.07 Å². The number of anilines is 2. The first kappa shape index (κ1) is 16.1. The molecule has 0 aliphatic heterocycles. The molecule has 0 radical (unpaired) electrons. The zero-order valence-electron chi connectivity index (χ0n) is 12.6. The summed E-state index contributed by atoms with van der Waals surface area (Å²) in [5.41, 5.74) is 1.93. The average molecular weight is 386 g/mol. The zero-order valence-corrected chi connectivity index (χ0v) is 14.1. The van der Waals surface area contributed by atoms with Crippen LogP contribution in [0.1, 0.15) is 5.69 Å². The molecule has 3 aromatic rings.